The number of benzene rings is 1. The first-order valence-corrected chi connectivity index (χ1v) is 6.01. The Morgan fingerprint density at radius 3 is 2.89 bits per heavy atom. The van der Waals surface area contributed by atoms with Gasteiger partial charge in [0.1, 0.15) is 11.5 Å². The molecule has 0 fully saturated rings. The van der Waals surface area contributed by atoms with Crippen LogP contribution in [0.1, 0.15) is 17.2 Å². The zero-order valence-corrected chi connectivity index (χ0v) is 11.1. The normalized spacial score (nSPS) is 10.6. The Morgan fingerprint density at radius 2 is 2.22 bits per heavy atom. The summed E-state index contributed by atoms with van der Waals surface area (Å²) in [7, 11) is 1.64. The number of nitrogens with one attached hydrogen (secondary N) is 1. The second-order valence-electron chi connectivity index (χ2n) is 3.92. The van der Waals surface area contributed by atoms with Crippen LogP contribution in [0, 0.1) is 6.92 Å². The van der Waals surface area contributed by atoms with Crippen LogP contribution in [0.25, 0.3) is 0 Å². The van der Waals surface area contributed by atoms with Gasteiger partial charge in [-0.3, -0.25) is 0 Å². The Morgan fingerprint density at radius 1 is 1.39 bits per heavy atom. The molecule has 1 N–H and O–H groups in total. The molecule has 0 radical (unpaired) electrons. The van der Waals surface area contributed by atoms with E-state index in [1.54, 1.807) is 19.4 Å². The van der Waals surface area contributed by atoms with Gasteiger partial charge in [-0.1, -0.05) is 11.6 Å². The second kappa shape index (κ2) is 5.89. The third kappa shape index (κ3) is 3.24. The average molecular weight is 267 g/mol. The van der Waals surface area contributed by atoms with Crippen molar-refractivity contribution in [2.75, 3.05) is 7.11 Å². The van der Waals surface area contributed by atoms with Crippen LogP contribution in [0.2, 0.25) is 5.02 Å². The lowest BCUT2D eigenvalue weighted by molar-refractivity contribution is 0.405. The molecule has 4 nitrogen and oxygen atoms in total. The van der Waals surface area contributed by atoms with E-state index >= 15 is 0 Å². The number of aryl methyl sites for hydroxylation is 1. The van der Waals surface area contributed by atoms with Gasteiger partial charge in [0, 0.05) is 17.1 Å². The van der Waals surface area contributed by atoms with E-state index in [4.69, 9.17) is 20.8 Å². The molecule has 0 atom stereocenters. The highest BCUT2D eigenvalue weighted by molar-refractivity contribution is 6.30. The number of hydrogen-bond donors (Lipinski definition) is 1. The van der Waals surface area contributed by atoms with Crippen molar-refractivity contribution >= 4 is 11.6 Å². The number of nitrogens with zero attached hydrogens (tertiary/aromatic N) is 1. The van der Waals surface area contributed by atoms with E-state index in [0.29, 0.717) is 24.0 Å². The van der Waals surface area contributed by atoms with E-state index < -0.39 is 0 Å². The number of aromatic nitrogens is 1. The molecular weight excluding hydrogens is 252 g/mol. The van der Waals surface area contributed by atoms with Gasteiger partial charge in [0.2, 0.25) is 5.89 Å². The van der Waals surface area contributed by atoms with Gasteiger partial charge < -0.3 is 14.5 Å². The second-order valence-corrected chi connectivity index (χ2v) is 4.36. The summed E-state index contributed by atoms with van der Waals surface area (Å²) in [5.41, 5.74) is 1.01. The molecule has 0 bridgehead atoms. The minimum absolute atomic E-state index is 0.573. The maximum Gasteiger partial charge on any atom is 0.208 e. The van der Waals surface area contributed by atoms with E-state index in [1.165, 1.54) is 0 Å². The van der Waals surface area contributed by atoms with Crippen molar-refractivity contribution in [1.82, 2.24) is 10.3 Å². The molecule has 0 aliphatic heterocycles. The number of ether oxygens (including phenoxy) is 1. The summed E-state index contributed by atoms with van der Waals surface area (Å²) >= 11 is 5.96. The van der Waals surface area contributed by atoms with Crippen LogP contribution in [0.4, 0.5) is 0 Å². The molecule has 1 aromatic heterocycles. The van der Waals surface area contributed by atoms with E-state index in [1.807, 2.05) is 19.1 Å². The topological polar surface area (TPSA) is 47.3 Å². The molecule has 0 spiro atoms. The van der Waals surface area contributed by atoms with Crippen LogP contribution >= 0.6 is 11.6 Å². The minimum atomic E-state index is 0.573. The van der Waals surface area contributed by atoms with Crippen LogP contribution in [0.3, 0.4) is 0 Å². The highest BCUT2D eigenvalue weighted by Crippen LogP contribution is 2.22. The van der Waals surface area contributed by atoms with E-state index in [-0.39, 0.29) is 0 Å². The Kier molecular flexibility index (Phi) is 4.23. The van der Waals surface area contributed by atoms with Crippen molar-refractivity contribution in [3.63, 3.8) is 0 Å². The zero-order chi connectivity index (χ0) is 13.0. The lowest BCUT2D eigenvalue weighted by Crippen LogP contribution is -2.13. The van der Waals surface area contributed by atoms with Gasteiger partial charge in [-0.25, -0.2) is 4.98 Å². The van der Waals surface area contributed by atoms with Crippen LogP contribution in [0.15, 0.2) is 28.8 Å². The minimum Gasteiger partial charge on any atom is -0.496 e. The summed E-state index contributed by atoms with van der Waals surface area (Å²) in [6, 6.07) is 5.55. The summed E-state index contributed by atoms with van der Waals surface area (Å²) in [4.78, 5) is 4.12. The van der Waals surface area contributed by atoms with E-state index in [2.05, 4.69) is 10.3 Å². The van der Waals surface area contributed by atoms with Gasteiger partial charge in [0.15, 0.2) is 0 Å². The highest BCUT2D eigenvalue weighted by Gasteiger charge is 2.05. The molecular formula is C13H15ClN2O2. The molecule has 2 rings (SSSR count). The summed E-state index contributed by atoms with van der Waals surface area (Å²) in [5, 5.41) is 3.93. The fourth-order valence-corrected chi connectivity index (χ4v) is 1.87. The first-order chi connectivity index (χ1) is 8.69. The van der Waals surface area contributed by atoms with Crippen LogP contribution in [-0.2, 0) is 13.1 Å². The number of methoxy groups -OCH3 is 1. The number of halogens is 1. The fraction of sp³-hybridized carbons (Fsp3) is 0.308. The summed E-state index contributed by atoms with van der Waals surface area (Å²) in [6.45, 7) is 3.09. The Labute approximate surface area is 111 Å². The smallest absolute Gasteiger partial charge is 0.208 e. The van der Waals surface area contributed by atoms with E-state index in [0.717, 1.165) is 17.1 Å². The van der Waals surface area contributed by atoms with Crippen LogP contribution < -0.4 is 10.1 Å². The molecule has 0 aliphatic carbocycles. The highest BCUT2D eigenvalue weighted by atomic mass is 35.5. The van der Waals surface area contributed by atoms with Crippen molar-refractivity contribution in [2.45, 2.75) is 20.0 Å². The van der Waals surface area contributed by atoms with Crippen molar-refractivity contribution < 1.29 is 9.15 Å². The number of oxazole rings is 1. The van der Waals surface area contributed by atoms with Crippen molar-refractivity contribution in [2.24, 2.45) is 0 Å². The summed E-state index contributed by atoms with van der Waals surface area (Å²) in [6.07, 6.45) is 1.71. The van der Waals surface area contributed by atoms with E-state index in [9.17, 15) is 0 Å². The third-order valence-corrected chi connectivity index (χ3v) is 2.74. The molecule has 0 saturated carbocycles. The van der Waals surface area contributed by atoms with Crippen molar-refractivity contribution in [1.29, 1.82) is 0 Å². The SMILES string of the molecule is COc1ccc(Cl)cc1CNCc1ncc(C)o1. The zero-order valence-electron chi connectivity index (χ0n) is 10.4. The lowest BCUT2D eigenvalue weighted by Gasteiger charge is -2.09. The Hall–Kier alpha value is -1.52. The molecule has 0 unspecified atom stereocenters. The number of hydrogen-bond acceptors (Lipinski definition) is 4. The van der Waals surface area contributed by atoms with Gasteiger partial charge in [0.25, 0.3) is 0 Å². The van der Waals surface area contributed by atoms with Crippen molar-refractivity contribution in [3.8, 4) is 5.75 Å². The predicted molar refractivity (Wildman–Crippen MR) is 69.8 cm³/mol. The fourth-order valence-electron chi connectivity index (χ4n) is 1.67. The van der Waals surface area contributed by atoms with Gasteiger partial charge in [0.05, 0.1) is 19.9 Å². The third-order valence-electron chi connectivity index (χ3n) is 2.50. The van der Waals surface area contributed by atoms with Gasteiger partial charge in [-0.15, -0.1) is 0 Å². The Balaban J connectivity index is 1.95. The molecule has 2 aromatic rings. The monoisotopic (exact) mass is 266 g/mol. The largest absolute Gasteiger partial charge is 0.496 e. The summed E-state index contributed by atoms with van der Waals surface area (Å²) < 4.78 is 10.6. The first-order valence-electron chi connectivity index (χ1n) is 5.63. The molecule has 0 amide bonds. The maximum absolute atomic E-state index is 5.96. The van der Waals surface area contributed by atoms with Gasteiger partial charge >= 0.3 is 0 Å². The molecule has 0 aliphatic rings. The quantitative estimate of drug-likeness (QED) is 0.904. The van der Waals surface area contributed by atoms with Gasteiger partial charge in [-0.2, -0.15) is 0 Å². The lowest BCUT2D eigenvalue weighted by atomic mass is 10.2. The van der Waals surface area contributed by atoms with Crippen molar-refractivity contribution in [3.05, 3.63) is 46.6 Å². The predicted octanol–water partition coefficient (Wildman–Crippen LogP) is 2.93. The number of rotatable bonds is 5. The van der Waals surface area contributed by atoms with Gasteiger partial charge in [-0.05, 0) is 25.1 Å². The molecule has 5 heteroatoms. The molecule has 1 aromatic carbocycles. The standard InChI is InChI=1S/C13H15ClN2O2/c1-9-6-16-13(18-9)8-15-7-10-5-11(14)3-4-12(10)17-2/h3-6,15H,7-8H2,1-2H3. The molecule has 96 valence electrons. The van der Waals surface area contributed by atoms with Crippen LogP contribution in [-0.4, -0.2) is 12.1 Å². The average Bonchev–Trinajstić information content (AvgIpc) is 2.75. The van der Waals surface area contributed by atoms with Crippen LogP contribution in [0.5, 0.6) is 5.75 Å². The molecule has 0 saturated heterocycles. The first kappa shape index (κ1) is 12.9. The molecule has 18 heavy (non-hydrogen) atoms. The Bertz CT molecular complexity index is 525. The maximum atomic E-state index is 5.96. The molecule has 1 heterocycles. The summed E-state index contributed by atoms with van der Waals surface area (Å²) in [5.74, 6) is 2.30.